The fourth-order valence-corrected chi connectivity index (χ4v) is 2.14. The number of benzene rings is 1. The smallest absolute Gasteiger partial charge is 0.348 e. The van der Waals surface area contributed by atoms with Gasteiger partial charge in [-0.1, -0.05) is 0 Å². The number of aromatic amines is 1. The molecule has 0 aliphatic heterocycles. The molecule has 11 nitrogen and oxygen atoms in total. The monoisotopic (exact) mass is 344 g/mol. The van der Waals surface area contributed by atoms with Gasteiger partial charge in [-0.3, -0.25) is 25.0 Å². The molecule has 25 heavy (non-hydrogen) atoms. The first-order valence-corrected chi connectivity index (χ1v) is 6.68. The largest absolute Gasteiger partial charge is 0.504 e. The van der Waals surface area contributed by atoms with Crippen molar-refractivity contribution in [3.8, 4) is 0 Å². The Morgan fingerprint density at radius 3 is 2.52 bits per heavy atom. The summed E-state index contributed by atoms with van der Waals surface area (Å²) in [5.74, 6) is -0.283. The number of nitro groups is 2. The fourth-order valence-electron chi connectivity index (χ4n) is 2.14. The third kappa shape index (κ3) is 2.93. The highest BCUT2D eigenvalue weighted by Crippen LogP contribution is 2.30. The van der Waals surface area contributed by atoms with Crippen molar-refractivity contribution in [2.75, 3.05) is 0 Å². The molecule has 0 radical (unpaired) electrons. The van der Waals surface area contributed by atoms with E-state index in [9.17, 15) is 30.1 Å². The minimum atomic E-state index is -0.924. The summed E-state index contributed by atoms with van der Waals surface area (Å²) < 4.78 is 4.96. The van der Waals surface area contributed by atoms with Gasteiger partial charge in [-0.05, 0) is 12.1 Å². The molecule has 2 aromatic heterocycles. The molecule has 0 saturated heterocycles. The van der Waals surface area contributed by atoms with Gasteiger partial charge in [0, 0.05) is 12.1 Å². The number of nitro benzene ring substituents is 2. The number of rotatable bonds is 4. The van der Waals surface area contributed by atoms with Gasteiger partial charge < -0.3 is 14.5 Å². The Balaban J connectivity index is 2.20. The van der Waals surface area contributed by atoms with Crippen LogP contribution in [0.5, 0.6) is 0 Å². The van der Waals surface area contributed by atoms with Gasteiger partial charge in [-0.2, -0.15) is 0 Å². The number of hydrogen-bond donors (Lipinski definition) is 2. The number of aliphatic hydroxyl groups excluding tert-OH is 1. The lowest BCUT2D eigenvalue weighted by molar-refractivity contribution is -0.422. The van der Waals surface area contributed by atoms with E-state index in [1.807, 2.05) is 0 Å². The molecule has 0 fully saturated rings. The van der Waals surface area contributed by atoms with E-state index >= 15 is 0 Å². The number of furan rings is 1. The summed E-state index contributed by atoms with van der Waals surface area (Å²) in [6.07, 6.45) is 2.34. The molecular weight excluding hydrogens is 336 g/mol. The quantitative estimate of drug-likeness (QED) is 0.413. The molecule has 2 heterocycles. The lowest BCUT2D eigenvalue weighted by Gasteiger charge is -2.01. The second kappa shape index (κ2) is 5.88. The third-order valence-corrected chi connectivity index (χ3v) is 3.26. The van der Waals surface area contributed by atoms with Crippen LogP contribution in [0.3, 0.4) is 0 Å². The van der Waals surface area contributed by atoms with Crippen LogP contribution in [0.4, 0.5) is 11.4 Å². The van der Waals surface area contributed by atoms with Crippen LogP contribution in [-0.4, -0.2) is 24.9 Å². The molecule has 3 rings (SSSR count). The Morgan fingerprint density at radius 2 is 1.92 bits per heavy atom. The van der Waals surface area contributed by atoms with Crippen molar-refractivity contribution in [2.45, 2.75) is 0 Å². The molecule has 0 bridgehead atoms. The van der Waals surface area contributed by atoms with Crippen molar-refractivity contribution in [3.63, 3.8) is 0 Å². The summed E-state index contributed by atoms with van der Waals surface area (Å²) in [6, 6.07) is 4.72. The van der Waals surface area contributed by atoms with Gasteiger partial charge in [0.25, 0.3) is 5.56 Å². The van der Waals surface area contributed by atoms with Crippen LogP contribution in [0.15, 0.2) is 39.7 Å². The fraction of sp³-hybridized carbons (Fsp3) is 0. The first kappa shape index (κ1) is 15.9. The molecular formula is C14H8N4O7. The van der Waals surface area contributed by atoms with Crippen LogP contribution < -0.4 is 5.56 Å². The molecule has 2 N–H and O–H groups in total. The van der Waals surface area contributed by atoms with Crippen molar-refractivity contribution in [3.05, 3.63) is 72.6 Å². The Labute approximate surface area is 137 Å². The molecule has 0 amide bonds. The van der Waals surface area contributed by atoms with Gasteiger partial charge in [0.05, 0.1) is 33.2 Å². The van der Waals surface area contributed by atoms with Gasteiger partial charge in [0.2, 0.25) is 0 Å². The SMILES string of the molecule is O=c1[nH]c2cc([N+](=O)[O-])c([N+](=O)[O-])cc2nc1/C=C(\O)c1ccco1. The molecule has 0 unspecified atom stereocenters. The van der Waals surface area contributed by atoms with Crippen molar-refractivity contribution in [1.29, 1.82) is 0 Å². The Bertz CT molecular complexity index is 1080. The molecule has 0 atom stereocenters. The van der Waals surface area contributed by atoms with Crippen LogP contribution in [-0.2, 0) is 0 Å². The minimum Gasteiger partial charge on any atom is -0.504 e. The summed E-state index contributed by atoms with van der Waals surface area (Å²) in [5, 5.41) is 31.8. The lowest BCUT2D eigenvalue weighted by atomic mass is 10.2. The Hall–Kier alpha value is -4.02. The van der Waals surface area contributed by atoms with E-state index in [2.05, 4.69) is 9.97 Å². The molecule has 11 heteroatoms. The summed E-state index contributed by atoms with van der Waals surface area (Å²) in [4.78, 5) is 38.4. The summed E-state index contributed by atoms with van der Waals surface area (Å²) in [6.45, 7) is 0. The zero-order valence-electron chi connectivity index (χ0n) is 12.2. The van der Waals surface area contributed by atoms with Gasteiger partial charge in [-0.25, -0.2) is 4.98 Å². The van der Waals surface area contributed by atoms with E-state index in [1.54, 1.807) is 0 Å². The molecule has 1 aromatic carbocycles. The zero-order chi connectivity index (χ0) is 18.1. The van der Waals surface area contributed by atoms with Crippen molar-refractivity contribution in [1.82, 2.24) is 9.97 Å². The maximum Gasteiger partial charge on any atom is 0.348 e. The van der Waals surface area contributed by atoms with E-state index in [0.29, 0.717) is 0 Å². The van der Waals surface area contributed by atoms with Crippen LogP contribution in [0.2, 0.25) is 0 Å². The highest BCUT2D eigenvalue weighted by Gasteiger charge is 2.25. The van der Waals surface area contributed by atoms with Gasteiger partial charge in [0.1, 0.15) is 5.69 Å². The van der Waals surface area contributed by atoms with Gasteiger partial charge in [0.15, 0.2) is 11.5 Å². The molecule has 0 saturated carbocycles. The predicted molar refractivity (Wildman–Crippen MR) is 84.9 cm³/mol. The average Bonchev–Trinajstić information content (AvgIpc) is 3.08. The average molecular weight is 344 g/mol. The van der Waals surface area contributed by atoms with Crippen molar-refractivity contribution in [2.24, 2.45) is 0 Å². The number of nitrogens with zero attached hydrogens (tertiary/aromatic N) is 3. The number of aliphatic hydroxyl groups is 1. The van der Waals surface area contributed by atoms with Crippen LogP contribution in [0.1, 0.15) is 11.5 Å². The third-order valence-electron chi connectivity index (χ3n) is 3.26. The van der Waals surface area contributed by atoms with Crippen LogP contribution >= 0.6 is 0 Å². The standard InChI is InChI=1S/C14H8N4O7/c19-12(13-2-1-3-25-13)6-9-14(20)16-8-5-11(18(23)24)10(17(21)22)4-7(8)15-9/h1-6,19H,(H,16,20)/b12-6-. The summed E-state index contributed by atoms with van der Waals surface area (Å²) in [7, 11) is 0. The van der Waals surface area contributed by atoms with Crippen LogP contribution in [0, 0.1) is 20.2 Å². The molecule has 0 aliphatic carbocycles. The van der Waals surface area contributed by atoms with E-state index in [-0.39, 0.29) is 28.2 Å². The predicted octanol–water partition coefficient (Wildman–Crippen LogP) is 2.39. The second-order valence-corrected chi connectivity index (χ2v) is 4.83. The van der Waals surface area contributed by atoms with E-state index in [4.69, 9.17) is 4.42 Å². The number of hydrogen-bond acceptors (Lipinski definition) is 8. The Kier molecular flexibility index (Phi) is 3.73. The van der Waals surface area contributed by atoms with Gasteiger partial charge in [-0.15, -0.1) is 0 Å². The van der Waals surface area contributed by atoms with E-state index in [0.717, 1.165) is 18.2 Å². The normalized spacial score (nSPS) is 11.6. The first-order valence-electron chi connectivity index (χ1n) is 6.68. The minimum absolute atomic E-state index is 0.0445. The highest BCUT2D eigenvalue weighted by molar-refractivity contribution is 5.83. The molecule has 126 valence electrons. The summed E-state index contributed by atoms with van der Waals surface area (Å²) >= 11 is 0. The lowest BCUT2D eigenvalue weighted by Crippen LogP contribution is -2.12. The van der Waals surface area contributed by atoms with Crippen LogP contribution in [0.25, 0.3) is 22.9 Å². The molecule has 0 spiro atoms. The topological polar surface area (TPSA) is 165 Å². The maximum absolute atomic E-state index is 12.0. The van der Waals surface area contributed by atoms with E-state index in [1.165, 1.54) is 18.4 Å². The number of H-pyrrole nitrogens is 1. The molecule has 0 aliphatic rings. The van der Waals surface area contributed by atoms with Gasteiger partial charge >= 0.3 is 11.4 Å². The van der Waals surface area contributed by atoms with Crippen molar-refractivity contribution < 1.29 is 19.4 Å². The van der Waals surface area contributed by atoms with Crippen molar-refractivity contribution >= 4 is 34.2 Å². The number of fused-ring (bicyclic) bond motifs is 1. The molecule has 3 aromatic rings. The highest BCUT2D eigenvalue weighted by atomic mass is 16.6. The summed E-state index contributed by atoms with van der Waals surface area (Å²) in [5.41, 5.74) is -2.61. The number of aromatic nitrogens is 2. The maximum atomic E-state index is 12.0. The Morgan fingerprint density at radius 1 is 1.24 bits per heavy atom. The first-order chi connectivity index (χ1) is 11.9. The number of nitrogens with one attached hydrogen (secondary N) is 1. The zero-order valence-corrected chi connectivity index (χ0v) is 12.2. The second-order valence-electron chi connectivity index (χ2n) is 4.83. The van der Waals surface area contributed by atoms with E-state index < -0.39 is 26.8 Å².